The molecular weight excluding hydrogens is 342 g/mol. The summed E-state index contributed by atoms with van der Waals surface area (Å²) in [4.78, 5) is 14.3. The summed E-state index contributed by atoms with van der Waals surface area (Å²) in [5.41, 5.74) is -0.746. The summed E-state index contributed by atoms with van der Waals surface area (Å²) in [6, 6.07) is 0. The molecule has 1 rings (SSSR count). The summed E-state index contributed by atoms with van der Waals surface area (Å²) in [6.07, 6.45) is -1.74. The number of halogens is 4. The van der Waals surface area contributed by atoms with Crippen molar-refractivity contribution >= 4 is 40.2 Å². The molecule has 0 saturated carbocycles. The van der Waals surface area contributed by atoms with Crippen molar-refractivity contribution in [1.29, 1.82) is 0 Å². The Hall–Kier alpha value is -0.500. The van der Waals surface area contributed by atoms with E-state index in [4.69, 9.17) is 16.7 Å². The molecule has 1 aromatic rings. The van der Waals surface area contributed by atoms with Crippen molar-refractivity contribution in [3.63, 3.8) is 0 Å². The van der Waals surface area contributed by atoms with E-state index in [1.165, 1.54) is 0 Å². The Kier molecular flexibility index (Phi) is 4.21. The standard InChI is InChI=1S/C8H5ClF2INO2/c9-1-3-4(8(14)15)2-13-7(12)5(3)6(10)11/h2,6H,1H2,(H,14,15). The van der Waals surface area contributed by atoms with Gasteiger partial charge in [-0.25, -0.2) is 18.6 Å². The van der Waals surface area contributed by atoms with Crippen molar-refractivity contribution in [2.45, 2.75) is 12.3 Å². The van der Waals surface area contributed by atoms with Crippen molar-refractivity contribution in [2.75, 3.05) is 0 Å². The Balaban J connectivity index is 3.47. The molecule has 3 nitrogen and oxygen atoms in total. The first-order valence-electron chi connectivity index (χ1n) is 3.73. The van der Waals surface area contributed by atoms with Crippen LogP contribution in [0, 0.1) is 3.70 Å². The van der Waals surface area contributed by atoms with Crippen LogP contribution in [0.1, 0.15) is 27.9 Å². The number of carbonyl (C=O) groups is 1. The number of alkyl halides is 3. The Morgan fingerprint density at radius 2 is 2.27 bits per heavy atom. The van der Waals surface area contributed by atoms with Gasteiger partial charge in [0.15, 0.2) is 0 Å². The second kappa shape index (κ2) is 5.02. The van der Waals surface area contributed by atoms with Crippen LogP contribution in [0.4, 0.5) is 8.78 Å². The van der Waals surface area contributed by atoms with Crippen molar-refractivity contribution in [2.24, 2.45) is 0 Å². The average molecular weight is 347 g/mol. The van der Waals surface area contributed by atoms with E-state index in [-0.39, 0.29) is 20.7 Å². The molecule has 0 aliphatic rings. The van der Waals surface area contributed by atoms with E-state index < -0.39 is 18.0 Å². The van der Waals surface area contributed by atoms with Crippen LogP contribution in [0.25, 0.3) is 0 Å². The van der Waals surface area contributed by atoms with E-state index >= 15 is 0 Å². The number of rotatable bonds is 3. The SMILES string of the molecule is O=C(O)c1cnc(I)c(C(F)F)c1CCl. The molecule has 0 spiro atoms. The van der Waals surface area contributed by atoms with E-state index in [0.29, 0.717) is 0 Å². The lowest BCUT2D eigenvalue weighted by atomic mass is 10.1. The number of hydrogen-bond acceptors (Lipinski definition) is 2. The fraction of sp³-hybridized carbons (Fsp3) is 0.250. The monoisotopic (exact) mass is 347 g/mol. The highest BCUT2D eigenvalue weighted by Gasteiger charge is 2.23. The molecular formula is C8H5ClF2INO2. The second-order valence-corrected chi connectivity index (χ2v) is 3.88. The number of hydrogen-bond donors (Lipinski definition) is 1. The van der Waals surface area contributed by atoms with Crippen molar-refractivity contribution in [1.82, 2.24) is 4.98 Å². The molecule has 0 aliphatic carbocycles. The van der Waals surface area contributed by atoms with Crippen molar-refractivity contribution in [3.05, 3.63) is 26.6 Å². The largest absolute Gasteiger partial charge is 0.478 e. The van der Waals surface area contributed by atoms with Crippen LogP contribution in [-0.2, 0) is 5.88 Å². The Bertz CT molecular complexity index is 400. The van der Waals surface area contributed by atoms with Crippen LogP contribution in [0.15, 0.2) is 6.20 Å². The Labute approximate surface area is 103 Å². The first-order chi connectivity index (χ1) is 6.99. The van der Waals surface area contributed by atoms with Crippen molar-refractivity contribution in [3.8, 4) is 0 Å². The van der Waals surface area contributed by atoms with E-state index in [1.54, 1.807) is 22.6 Å². The predicted octanol–water partition coefficient (Wildman–Crippen LogP) is 3.06. The molecule has 7 heteroatoms. The van der Waals surface area contributed by atoms with E-state index in [1.807, 2.05) is 0 Å². The lowest BCUT2D eigenvalue weighted by Gasteiger charge is -2.10. The van der Waals surface area contributed by atoms with E-state index in [0.717, 1.165) is 6.20 Å². The van der Waals surface area contributed by atoms with Gasteiger partial charge < -0.3 is 5.11 Å². The van der Waals surface area contributed by atoms with Crippen LogP contribution >= 0.6 is 34.2 Å². The number of nitrogens with zero attached hydrogens (tertiary/aromatic N) is 1. The summed E-state index contributed by atoms with van der Waals surface area (Å²) in [5, 5.41) is 8.75. The Morgan fingerprint density at radius 1 is 1.67 bits per heavy atom. The van der Waals surface area contributed by atoms with Gasteiger partial charge in [0, 0.05) is 12.1 Å². The number of aromatic nitrogens is 1. The first-order valence-corrected chi connectivity index (χ1v) is 5.35. The minimum atomic E-state index is -2.78. The molecule has 1 N–H and O–H groups in total. The van der Waals surface area contributed by atoms with Crippen LogP contribution in [0.3, 0.4) is 0 Å². The third-order valence-corrected chi connectivity index (χ3v) is 2.89. The second-order valence-electron chi connectivity index (χ2n) is 2.59. The fourth-order valence-corrected chi connectivity index (χ4v) is 2.08. The number of pyridine rings is 1. The van der Waals surface area contributed by atoms with Gasteiger partial charge in [-0.05, 0) is 28.2 Å². The van der Waals surface area contributed by atoms with Gasteiger partial charge in [-0.15, -0.1) is 11.6 Å². The molecule has 0 amide bonds. The highest BCUT2D eigenvalue weighted by Crippen LogP contribution is 2.29. The first kappa shape index (κ1) is 12.6. The predicted molar refractivity (Wildman–Crippen MR) is 58.4 cm³/mol. The van der Waals surface area contributed by atoms with Gasteiger partial charge in [0.2, 0.25) is 0 Å². The smallest absolute Gasteiger partial charge is 0.337 e. The van der Waals surface area contributed by atoms with Gasteiger partial charge in [-0.1, -0.05) is 0 Å². The third-order valence-electron chi connectivity index (χ3n) is 1.76. The zero-order valence-corrected chi connectivity index (χ0v) is 10.1. The highest BCUT2D eigenvalue weighted by molar-refractivity contribution is 14.1. The minimum Gasteiger partial charge on any atom is -0.478 e. The van der Waals surface area contributed by atoms with Gasteiger partial charge in [-0.2, -0.15) is 0 Å². The van der Waals surface area contributed by atoms with Crippen LogP contribution in [-0.4, -0.2) is 16.1 Å². The molecule has 0 unspecified atom stereocenters. The van der Waals surface area contributed by atoms with Crippen LogP contribution in [0.5, 0.6) is 0 Å². The summed E-state index contributed by atoms with van der Waals surface area (Å²) in [5.74, 6) is -1.59. The third kappa shape index (κ3) is 2.54. The quantitative estimate of drug-likeness (QED) is 0.519. The molecule has 0 radical (unpaired) electrons. The molecule has 1 heterocycles. The van der Waals surface area contributed by atoms with Gasteiger partial charge in [-0.3, -0.25) is 0 Å². The topological polar surface area (TPSA) is 50.2 Å². The van der Waals surface area contributed by atoms with Gasteiger partial charge in [0.1, 0.15) is 3.70 Å². The summed E-state index contributed by atoms with van der Waals surface area (Å²) >= 11 is 7.09. The maximum absolute atomic E-state index is 12.6. The lowest BCUT2D eigenvalue weighted by Crippen LogP contribution is -2.08. The molecule has 82 valence electrons. The number of carboxylic acids is 1. The van der Waals surface area contributed by atoms with Gasteiger partial charge in [0.25, 0.3) is 6.43 Å². The molecule has 0 aromatic carbocycles. The molecule has 0 aliphatic heterocycles. The Morgan fingerprint density at radius 3 is 2.67 bits per heavy atom. The maximum Gasteiger partial charge on any atom is 0.337 e. The highest BCUT2D eigenvalue weighted by atomic mass is 127. The number of aromatic carboxylic acids is 1. The zero-order valence-electron chi connectivity index (χ0n) is 7.18. The average Bonchev–Trinajstić information content (AvgIpc) is 2.15. The van der Waals surface area contributed by atoms with Crippen LogP contribution in [0.2, 0.25) is 0 Å². The van der Waals surface area contributed by atoms with Gasteiger partial charge in [0.05, 0.1) is 11.1 Å². The molecule has 0 bridgehead atoms. The molecule has 15 heavy (non-hydrogen) atoms. The minimum absolute atomic E-state index is 0.0708. The zero-order chi connectivity index (χ0) is 11.6. The van der Waals surface area contributed by atoms with E-state index in [2.05, 4.69) is 4.98 Å². The molecule has 0 fully saturated rings. The van der Waals surface area contributed by atoms with E-state index in [9.17, 15) is 13.6 Å². The summed E-state index contributed by atoms with van der Waals surface area (Å²) in [6.45, 7) is 0. The van der Waals surface area contributed by atoms with Crippen LogP contribution < -0.4 is 0 Å². The van der Waals surface area contributed by atoms with Gasteiger partial charge >= 0.3 is 5.97 Å². The molecule has 1 aromatic heterocycles. The normalized spacial score (nSPS) is 10.7. The molecule has 0 saturated heterocycles. The fourth-order valence-electron chi connectivity index (χ4n) is 1.09. The number of carboxylic acid groups (broad SMARTS) is 1. The summed E-state index contributed by atoms with van der Waals surface area (Å²) in [7, 11) is 0. The molecule has 0 atom stereocenters. The maximum atomic E-state index is 12.6. The van der Waals surface area contributed by atoms with Crippen molar-refractivity contribution < 1.29 is 18.7 Å². The summed E-state index contributed by atoms with van der Waals surface area (Å²) < 4.78 is 25.3. The lowest BCUT2D eigenvalue weighted by molar-refractivity contribution is 0.0694.